The minimum Gasteiger partial charge on any atom is -0.677 e. The summed E-state index contributed by atoms with van der Waals surface area (Å²) in [6, 6.07) is 0. The summed E-state index contributed by atoms with van der Waals surface area (Å²) in [6.07, 6.45) is 12.6. The van der Waals surface area contributed by atoms with Gasteiger partial charge in [-0.1, -0.05) is 53.4 Å². The molecule has 0 amide bonds. The predicted molar refractivity (Wildman–Crippen MR) is 89.2 cm³/mol. The molecule has 0 radical (unpaired) electrons. The number of nitrogens with one attached hydrogen (secondary N) is 3. The second-order valence-electron chi connectivity index (χ2n) is 3.91. The van der Waals surface area contributed by atoms with E-state index in [2.05, 4.69) is 25.2 Å². The van der Waals surface area contributed by atoms with E-state index in [4.69, 9.17) is 17.2 Å². The molecule has 0 heterocycles. The largest absolute Gasteiger partial charge is 4.00 e. The molecule has 0 aromatic heterocycles. The monoisotopic (exact) mass is 447 g/mol. The zero-order valence-corrected chi connectivity index (χ0v) is 17.4. The molecular weight excluding hydrogens is 413 g/mol. The van der Waals surface area contributed by atoms with Crippen molar-refractivity contribution in [1.82, 2.24) is 0 Å². The Balaban J connectivity index is -0.0000000881. The quantitative estimate of drug-likeness (QED) is 0.353. The third kappa shape index (κ3) is 36.2. The van der Waals surface area contributed by atoms with E-state index in [1.807, 2.05) is 20.8 Å². The zero-order valence-electron chi connectivity index (χ0n) is 13.8. The van der Waals surface area contributed by atoms with Crippen molar-refractivity contribution in [1.29, 1.82) is 0 Å². The molecule has 0 aromatic rings. The van der Waals surface area contributed by atoms with Crippen LogP contribution >= 0.6 is 0 Å². The Kier molecular flexibility index (Phi) is 44.8. The molecule has 1 aliphatic rings. The van der Waals surface area contributed by atoms with Gasteiger partial charge in [-0.2, -0.15) is 25.7 Å². The topological polar surface area (TPSA) is 71.4 Å². The second kappa shape index (κ2) is 31.6. The SMILES string of the molecule is CCC1=[C-]CC=C1.CCC[NH-].CCC[NH-].CCC[NH-].[Hf+4]. The standard InChI is InChI=1S/C7H9.3C3H8N.Hf/c1-2-7-5-3-4-6-7;3*1-2-3-4;/h3,5H,2,4H2,1H3;3*4H,2-3H2,1H3;/q4*-1;+4. The van der Waals surface area contributed by atoms with Gasteiger partial charge < -0.3 is 17.2 Å². The molecule has 0 atom stereocenters. The maximum Gasteiger partial charge on any atom is 4.00 e. The van der Waals surface area contributed by atoms with Crippen LogP contribution in [-0.4, -0.2) is 19.6 Å². The maximum absolute atomic E-state index is 6.45. The Morgan fingerprint density at radius 3 is 1.35 bits per heavy atom. The first-order valence-electron chi connectivity index (χ1n) is 7.38. The smallest absolute Gasteiger partial charge is 0.677 e. The van der Waals surface area contributed by atoms with Gasteiger partial charge in [0.15, 0.2) is 0 Å². The molecule has 3 N–H and O–H groups in total. The molecule has 0 aliphatic heterocycles. The van der Waals surface area contributed by atoms with Crippen molar-refractivity contribution in [3.63, 3.8) is 0 Å². The molecular formula is C16H33HfN3. The van der Waals surface area contributed by atoms with E-state index in [-0.39, 0.29) is 25.8 Å². The Morgan fingerprint density at radius 2 is 1.25 bits per heavy atom. The second-order valence-corrected chi connectivity index (χ2v) is 3.91. The summed E-state index contributed by atoms with van der Waals surface area (Å²) >= 11 is 0. The van der Waals surface area contributed by atoms with Gasteiger partial charge in [0.05, 0.1) is 0 Å². The molecule has 0 unspecified atom stereocenters. The average molecular weight is 446 g/mol. The van der Waals surface area contributed by atoms with Crippen LogP contribution in [0.5, 0.6) is 0 Å². The van der Waals surface area contributed by atoms with Crippen molar-refractivity contribution in [3.05, 3.63) is 41.0 Å². The van der Waals surface area contributed by atoms with E-state index in [1.54, 1.807) is 0 Å². The van der Waals surface area contributed by atoms with Gasteiger partial charge in [0.2, 0.25) is 0 Å². The van der Waals surface area contributed by atoms with Gasteiger partial charge in [0.25, 0.3) is 0 Å². The Bertz CT molecular complexity index is 177. The van der Waals surface area contributed by atoms with Gasteiger partial charge in [-0.05, 0) is 0 Å². The number of rotatable bonds is 4. The fourth-order valence-electron chi connectivity index (χ4n) is 0.693. The van der Waals surface area contributed by atoms with Gasteiger partial charge in [0.1, 0.15) is 0 Å². The van der Waals surface area contributed by atoms with Crippen molar-refractivity contribution >= 4 is 0 Å². The summed E-state index contributed by atoms with van der Waals surface area (Å²) in [6.45, 7) is 9.84. The van der Waals surface area contributed by atoms with E-state index >= 15 is 0 Å². The summed E-state index contributed by atoms with van der Waals surface area (Å²) in [4.78, 5) is 0. The normalized spacial score (nSPS) is 10.7. The van der Waals surface area contributed by atoms with Crippen LogP contribution in [0.3, 0.4) is 0 Å². The molecule has 1 aliphatic carbocycles. The third-order valence-electron chi connectivity index (χ3n) is 1.90. The molecule has 116 valence electrons. The summed E-state index contributed by atoms with van der Waals surface area (Å²) in [5, 5.41) is 0. The van der Waals surface area contributed by atoms with Gasteiger partial charge >= 0.3 is 25.8 Å². The van der Waals surface area contributed by atoms with Crippen molar-refractivity contribution in [2.45, 2.75) is 59.8 Å². The minimum atomic E-state index is 0. The van der Waals surface area contributed by atoms with E-state index in [9.17, 15) is 0 Å². The van der Waals surface area contributed by atoms with E-state index < -0.39 is 0 Å². The molecule has 0 bridgehead atoms. The van der Waals surface area contributed by atoms with Gasteiger partial charge in [-0.15, -0.1) is 6.42 Å². The van der Waals surface area contributed by atoms with E-state index in [1.165, 1.54) is 5.57 Å². The van der Waals surface area contributed by atoms with Crippen LogP contribution in [0.2, 0.25) is 0 Å². The van der Waals surface area contributed by atoms with Crippen LogP contribution in [-0.2, 0) is 25.8 Å². The maximum atomic E-state index is 6.45. The zero-order chi connectivity index (χ0) is 15.4. The van der Waals surface area contributed by atoms with Gasteiger partial charge in [0, 0.05) is 0 Å². The summed E-state index contributed by atoms with van der Waals surface area (Å²) in [5.41, 5.74) is 20.7. The van der Waals surface area contributed by atoms with Crippen LogP contribution < -0.4 is 0 Å². The van der Waals surface area contributed by atoms with Crippen molar-refractivity contribution in [2.75, 3.05) is 19.6 Å². The first-order chi connectivity index (χ1) is 9.17. The number of hydrogen-bond acceptors (Lipinski definition) is 0. The number of hydrogen-bond donors (Lipinski definition) is 0. The molecule has 0 fully saturated rings. The molecule has 20 heavy (non-hydrogen) atoms. The summed E-state index contributed by atoms with van der Waals surface area (Å²) < 4.78 is 0. The molecule has 0 saturated heterocycles. The number of allylic oxidation sites excluding steroid dienone is 4. The van der Waals surface area contributed by atoms with E-state index in [0.29, 0.717) is 19.6 Å². The van der Waals surface area contributed by atoms with Crippen LogP contribution in [0.15, 0.2) is 17.7 Å². The first kappa shape index (κ1) is 28.4. The predicted octanol–water partition coefficient (Wildman–Crippen LogP) is 6.43. The Hall–Kier alpha value is 0.230. The fraction of sp³-hybridized carbons (Fsp3) is 0.750. The first-order valence-corrected chi connectivity index (χ1v) is 7.38. The van der Waals surface area contributed by atoms with E-state index in [0.717, 1.165) is 32.1 Å². The summed E-state index contributed by atoms with van der Waals surface area (Å²) in [5.74, 6) is 0. The van der Waals surface area contributed by atoms with Gasteiger partial charge in [-0.3, -0.25) is 6.08 Å². The fourth-order valence-corrected chi connectivity index (χ4v) is 0.693. The van der Waals surface area contributed by atoms with Crippen molar-refractivity contribution < 1.29 is 25.8 Å². The molecule has 0 saturated carbocycles. The van der Waals surface area contributed by atoms with Crippen molar-refractivity contribution in [2.24, 2.45) is 0 Å². The Labute approximate surface area is 146 Å². The Morgan fingerprint density at radius 1 is 0.900 bits per heavy atom. The third-order valence-corrected chi connectivity index (χ3v) is 1.90. The molecule has 0 aromatic carbocycles. The molecule has 3 nitrogen and oxygen atoms in total. The summed E-state index contributed by atoms with van der Waals surface area (Å²) in [7, 11) is 0. The van der Waals surface area contributed by atoms with Crippen molar-refractivity contribution in [3.8, 4) is 0 Å². The van der Waals surface area contributed by atoms with Gasteiger partial charge in [-0.25, -0.2) is 11.6 Å². The van der Waals surface area contributed by atoms with Crippen LogP contribution in [0, 0.1) is 6.08 Å². The van der Waals surface area contributed by atoms with Crippen LogP contribution in [0.1, 0.15) is 59.8 Å². The average Bonchev–Trinajstić information content (AvgIpc) is 3.01. The molecule has 1 rings (SSSR count). The molecule has 4 heteroatoms. The van der Waals surface area contributed by atoms with Crippen LogP contribution in [0.25, 0.3) is 17.2 Å². The van der Waals surface area contributed by atoms with Crippen LogP contribution in [0.4, 0.5) is 0 Å². The molecule has 0 spiro atoms. The minimum absolute atomic E-state index is 0.